The summed E-state index contributed by atoms with van der Waals surface area (Å²) < 4.78 is 6.06. The normalized spacial score (nSPS) is 18.6. The minimum Gasteiger partial charge on any atom is -0.444 e. The molecule has 0 atom stereocenters. The molecule has 2 rings (SSSR count). The van der Waals surface area contributed by atoms with E-state index in [1.807, 2.05) is 11.8 Å². The Hall–Kier alpha value is -0.420. The third-order valence-electron chi connectivity index (χ3n) is 3.57. The molecule has 1 aromatic heterocycles. The van der Waals surface area contributed by atoms with E-state index < -0.39 is 0 Å². The fourth-order valence-electron chi connectivity index (χ4n) is 2.41. The highest BCUT2D eigenvalue weighted by Gasteiger charge is 2.31. The second-order valence-electron chi connectivity index (χ2n) is 4.73. The van der Waals surface area contributed by atoms with E-state index in [4.69, 9.17) is 4.42 Å². The summed E-state index contributed by atoms with van der Waals surface area (Å²) in [6.45, 7) is 0.727. The molecule has 0 radical (unpaired) electrons. The lowest BCUT2D eigenvalue weighted by molar-refractivity contribution is 0.0918. The van der Waals surface area contributed by atoms with Gasteiger partial charge in [-0.3, -0.25) is 4.79 Å². The number of carbonyl (C=O) groups excluding carboxylic acids is 1. The Balaban J connectivity index is 1.91. The summed E-state index contributed by atoms with van der Waals surface area (Å²) in [5.41, 5.74) is 0. The van der Waals surface area contributed by atoms with E-state index in [9.17, 15) is 4.79 Å². The number of halogens is 1. The Morgan fingerprint density at radius 2 is 2.17 bits per heavy atom. The van der Waals surface area contributed by atoms with Gasteiger partial charge in [0.2, 0.25) is 0 Å². The van der Waals surface area contributed by atoms with Crippen molar-refractivity contribution in [2.75, 3.05) is 12.8 Å². The molecule has 5 heteroatoms. The van der Waals surface area contributed by atoms with Gasteiger partial charge in [-0.05, 0) is 47.2 Å². The number of hydrogen-bond acceptors (Lipinski definition) is 3. The number of furan rings is 1. The van der Waals surface area contributed by atoms with Crippen molar-refractivity contribution in [3.63, 3.8) is 0 Å². The Labute approximate surface area is 120 Å². The molecule has 0 bridgehead atoms. The van der Waals surface area contributed by atoms with Gasteiger partial charge in [0.25, 0.3) is 5.91 Å². The average molecular weight is 332 g/mol. The van der Waals surface area contributed by atoms with Crippen LogP contribution in [-0.4, -0.2) is 23.5 Å². The van der Waals surface area contributed by atoms with Crippen LogP contribution >= 0.6 is 27.7 Å². The molecule has 3 nitrogen and oxygen atoms in total. The molecule has 1 aliphatic rings. The Morgan fingerprint density at radius 1 is 1.44 bits per heavy atom. The van der Waals surface area contributed by atoms with Crippen LogP contribution in [0.15, 0.2) is 21.2 Å². The summed E-state index contributed by atoms with van der Waals surface area (Å²) in [6, 6.07) is 3.42. The third kappa shape index (κ3) is 3.32. The quantitative estimate of drug-likeness (QED) is 0.911. The molecular weight excluding hydrogens is 314 g/mol. The van der Waals surface area contributed by atoms with Crippen LogP contribution in [0.2, 0.25) is 0 Å². The van der Waals surface area contributed by atoms with Gasteiger partial charge in [0.05, 0.1) is 0 Å². The second-order valence-corrected chi connectivity index (χ2v) is 6.79. The first-order chi connectivity index (χ1) is 8.65. The predicted octanol–water partition coefficient (Wildman–Crippen LogP) is 3.84. The van der Waals surface area contributed by atoms with Gasteiger partial charge in [0.1, 0.15) is 0 Å². The number of thioether (sulfide) groups is 1. The van der Waals surface area contributed by atoms with Crippen molar-refractivity contribution in [2.24, 2.45) is 0 Å². The molecule has 1 amide bonds. The number of nitrogens with one attached hydrogen (secondary N) is 1. The van der Waals surface area contributed by atoms with Gasteiger partial charge in [-0.1, -0.05) is 19.3 Å². The lowest BCUT2D eigenvalue weighted by Gasteiger charge is -2.35. The van der Waals surface area contributed by atoms with E-state index >= 15 is 0 Å². The van der Waals surface area contributed by atoms with Crippen molar-refractivity contribution in [1.29, 1.82) is 0 Å². The number of carbonyl (C=O) groups is 1. The first-order valence-corrected chi connectivity index (χ1v) is 8.26. The van der Waals surface area contributed by atoms with E-state index in [0.29, 0.717) is 10.4 Å². The average Bonchev–Trinajstić information content (AvgIpc) is 2.84. The van der Waals surface area contributed by atoms with Crippen LogP contribution < -0.4 is 5.32 Å². The van der Waals surface area contributed by atoms with Crippen LogP contribution in [0.4, 0.5) is 0 Å². The second kappa shape index (κ2) is 6.15. The summed E-state index contributed by atoms with van der Waals surface area (Å²) in [5.74, 6) is 0.244. The van der Waals surface area contributed by atoms with Gasteiger partial charge in [-0.15, -0.1) is 0 Å². The van der Waals surface area contributed by atoms with E-state index in [-0.39, 0.29) is 10.7 Å². The molecule has 1 N–H and O–H groups in total. The van der Waals surface area contributed by atoms with Crippen LogP contribution in [0.25, 0.3) is 0 Å². The fraction of sp³-hybridized carbons (Fsp3) is 0.615. The van der Waals surface area contributed by atoms with Crippen molar-refractivity contribution >= 4 is 33.6 Å². The summed E-state index contributed by atoms with van der Waals surface area (Å²) in [5, 5.41) is 3.00. The molecule has 1 heterocycles. The first-order valence-electron chi connectivity index (χ1n) is 6.24. The highest BCUT2D eigenvalue weighted by molar-refractivity contribution is 9.10. The molecule has 0 saturated heterocycles. The maximum Gasteiger partial charge on any atom is 0.287 e. The lowest BCUT2D eigenvalue weighted by Crippen LogP contribution is -2.41. The third-order valence-corrected chi connectivity index (χ3v) is 5.41. The summed E-state index contributed by atoms with van der Waals surface area (Å²) in [4.78, 5) is 11.9. The largest absolute Gasteiger partial charge is 0.444 e. The minimum absolute atomic E-state index is 0.125. The topological polar surface area (TPSA) is 42.2 Å². The van der Waals surface area contributed by atoms with Crippen LogP contribution in [0, 0.1) is 0 Å². The Kier molecular flexibility index (Phi) is 4.78. The zero-order chi connectivity index (χ0) is 13.0. The smallest absolute Gasteiger partial charge is 0.287 e. The molecule has 18 heavy (non-hydrogen) atoms. The van der Waals surface area contributed by atoms with Crippen LogP contribution in [0.1, 0.15) is 42.7 Å². The van der Waals surface area contributed by atoms with Gasteiger partial charge < -0.3 is 9.73 Å². The van der Waals surface area contributed by atoms with Gasteiger partial charge in [-0.2, -0.15) is 11.8 Å². The van der Waals surface area contributed by atoms with Gasteiger partial charge in [0.15, 0.2) is 10.4 Å². The molecule has 0 unspecified atom stereocenters. The number of hydrogen-bond donors (Lipinski definition) is 1. The fourth-order valence-corrected chi connectivity index (χ4v) is 3.63. The molecule has 1 aliphatic carbocycles. The van der Waals surface area contributed by atoms with Crippen LogP contribution in [0.3, 0.4) is 0 Å². The van der Waals surface area contributed by atoms with E-state index in [1.54, 1.807) is 12.1 Å². The highest BCUT2D eigenvalue weighted by atomic mass is 79.9. The Morgan fingerprint density at radius 3 is 2.72 bits per heavy atom. The standard InChI is InChI=1S/C13H18BrNO2S/c1-18-13(7-3-2-4-8-13)9-15-12(16)10-5-6-11(14)17-10/h5-6H,2-4,7-9H2,1H3,(H,15,16). The molecule has 0 aliphatic heterocycles. The Bertz CT molecular complexity index is 413. The summed E-state index contributed by atoms with van der Waals surface area (Å²) in [6.07, 6.45) is 8.38. The molecule has 100 valence electrons. The van der Waals surface area contributed by atoms with Gasteiger partial charge in [0, 0.05) is 11.3 Å². The maximum atomic E-state index is 11.9. The molecule has 1 aromatic rings. The van der Waals surface area contributed by atoms with Crippen LogP contribution in [-0.2, 0) is 0 Å². The van der Waals surface area contributed by atoms with Crippen molar-refractivity contribution < 1.29 is 9.21 Å². The molecule has 1 saturated carbocycles. The van der Waals surface area contributed by atoms with Crippen molar-refractivity contribution in [2.45, 2.75) is 36.9 Å². The van der Waals surface area contributed by atoms with Crippen LogP contribution in [0.5, 0.6) is 0 Å². The lowest BCUT2D eigenvalue weighted by atomic mass is 9.88. The SMILES string of the molecule is CSC1(CNC(=O)c2ccc(Br)o2)CCCCC1. The molecular formula is C13H18BrNO2S. The first kappa shape index (κ1) is 14.0. The van der Waals surface area contributed by atoms with Crippen molar-refractivity contribution in [3.05, 3.63) is 22.6 Å². The zero-order valence-electron chi connectivity index (χ0n) is 10.5. The number of rotatable bonds is 4. The number of amides is 1. The maximum absolute atomic E-state index is 11.9. The van der Waals surface area contributed by atoms with E-state index in [2.05, 4.69) is 27.5 Å². The zero-order valence-corrected chi connectivity index (χ0v) is 12.9. The summed E-state index contributed by atoms with van der Waals surface area (Å²) in [7, 11) is 0. The molecule has 1 fully saturated rings. The van der Waals surface area contributed by atoms with Crippen molar-refractivity contribution in [1.82, 2.24) is 5.32 Å². The van der Waals surface area contributed by atoms with E-state index in [0.717, 1.165) is 6.54 Å². The van der Waals surface area contributed by atoms with Crippen molar-refractivity contribution in [3.8, 4) is 0 Å². The van der Waals surface area contributed by atoms with E-state index in [1.165, 1.54) is 32.1 Å². The predicted molar refractivity (Wildman–Crippen MR) is 78.1 cm³/mol. The minimum atomic E-state index is -0.125. The summed E-state index contributed by atoms with van der Waals surface area (Å²) >= 11 is 5.08. The van der Waals surface area contributed by atoms with Gasteiger partial charge >= 0.3 is 0 Å². The van der Waals surface area contributed by atoms with Gasteiger partial charge in [-0.25, -0.2) is 0 Å². The highest BCUT2D eigenvalue weighted by Crippen LogP contribution is 2.38. The molecule has 0 spiro atoms. The molecule has 0 aromatic carbocycles. The monoisotopic (exact) mass is 331 g/mol.